The standard InChI is InChI=1S/C35H44F5N3O3/c1-32-21-28(22-4-6-23(7-5-22)31(45)43-18-16-42(17-19-43)15-14-41(2)3)30-26-11-9-25(44)20-24(26)8-10-27(30)29(32)12-13-33(32,46)34(36,37)35(38,39)40/h4-7,20,27-29,46H,8-19,21H2,1-3H3/t27?,28-,29+,32?,33+/m1/s1. The highest BCUT2D eigenvalue weighted by atomic mass is 19.4. The van der Waals surface area contributed by atoms with E-state index in [0.29, 0.717) is 44.3 Å². The lowest BCUT2D eigenvalue weighted by atomic mass is 9.50. The van der Waals surface area contributed by atoms with Gasteiger partial charge in [0.25, 0.3) is 5.91 Å². The summed E-state index contributed by atoms with van der Waals surface area (Å²) in [5, 5.41) is 11.5. The minimum Gasteiger partial charge on any atom is -0.383 e. The monoisotopic (exact) mass is 649 g/mol. The normalized spacial score (nSPS) is 32.3. The van der Waals surface area contributed by atoms with Gasteiger partial charge in [-0.1, -0.05) is 24.6 Å². The van der Waals surface area contributed by atoms with E-state index in [1.54, 1.807) is 30.3 Å². The Kier molecular flexibility index (Phi) is 8.54. The Morgan fingerprint density at radius 1 is 1.00 bits per heavy atom. The summed E-state index contributed by atoms with van der Waals surface area (Å²) in [7, 11) is 4.05. The van der Waals surface area contributed by atoms with Gasteiger partial charge >= 0.3 is 12.1 Å². The van der Waals surface area contributed by atoms with Gasteiger partial charge in [-0.05, 0) is 99.4 Å². The molecule has 1 aromatic rings. The van der Waals surface area contributed by atoms with E-state index in [-0.39, 0.29) is 30.4 Å². The number of amides is 1. The number of halogens is 5. The van der Waals surface area contributed by atoms with Crippen molar-refractivity contribution in [2.24, 2.45) is 17.3 Å². The molecule has 0 spiro atoms. The largest absolute Gasteiger partial charge is 0.456 e. The molecular formula is C35H44F5N3O3. The number of allylic oxidation sites excluding steroid dienone is 4. The van der Waals surface area contributed by atoms with Crippen LogP contribution in [0.25, 0.3) is 0 Å². The van der Waals surface area contributed by atoms with Gasteiger partial charge in [-0.2, -0.15) is 22.0 Å². The lowest BCUT2D eigenvalue weighted by Gasteiger charge is -2.56. The molecular weight excluding hydrogens is 605 g/mol. The summed E-state index contributed by atoms with van der Waals surface area (Å²) in [6.45, 7) is 6.06. The molecule has 3 fully saturated rings. The number of rotatable bonds is 6. The Balaban J connectivity index is 1.32. The van der Waals surface area contributed by atoms with Crippen molar-refractivity contribution in [3.8, 4) is 0 Å². The molecule has 4 aliphatic carbocycles. The third-order valence-corrected chi connectivity index (χ3v) is 11.8. The molecule has 2 saturated carbocycles. The van der Waals surface area contributed by atoms with Crippen molar-refractivity contribution >= 4 is 11.7 Å². The van der Waals surface area contributed by atoms with E-state index in [2.05, 4.69) is 9.80 Å². The van der Waals surface area contributed by atoms with E-state index in [0.717, 1.165) is 48.5 Å². The summed E-state index contributed by atoms with van der Waals surface area (Å²) < 4.78 is 72.0. The predicted octanol–water partition coefficient (Wildman–Crippen LogP) is 5.83. The molecule has 1 N–H and O–H groups in total. The molecule has 0 radical (unpaired) electrons. The van der Waals surface area contributed by atoms with Crippen LogP contribution in [0, 0.1) is 17.3 Å². The second-order valence-corrected chi connectivity index (χ2v) is 14.5. The van der Waals surface area contributed by atoms with Crippen LogP contribution in [-0.2, 0) is 4.79 Å². The van der Waals surface area contributed by atoms with E-state index >= 15 is 8.78 Å². The first-order chi connectivity index (χ1) is 21.6. The van der Waals surface area contributed by atoms with Crippen LogP contribution >= 0.6 is 0 Å². The summed E-state index contributed by atoms with van der Waals surface area (Å²) >= 11 is 0. The van der Waals surface area contributed by atoms with E-state index in [4.69, 9.17) is 0 Å². The van der Waals surface area contributed by atoms with Crippen LogP contribution in [0.3, 0.4) is 0 Å². The van der Waals surface area contributed by atoms with Crippen LogP contribution in [-0.4, -0.2) is 103 Å². The highest BCUT2D eigenvalue weighted by Gasteiger charge is 2.79. The van der Waals surface area contributed by atoms with Gasteiger partial charge in [0.05, 0.1) is 0 Å². The average molecular weight is 650 g/mol. The van der Waals surface area contributed by atoms with Gasteiger partial charge in [0.1, 0.15) is 5.60 Å². The number of alkyl halides is 5. The van der Waals surface area contributed by atoms with Gasteiger partial charge in [0.15, 0.2) is 5.78 Å². The fourth-order valence-corrected chi connectivity index (χ4v) is 9.27. The molecule has 46 heavy (non-hydrogen) atoms. The molecule has 6 rings (SSSR count). The summed E-state index contributed by atoms with van der Waals surface area (Å²) in [4.78, 5) is 32.0. The molecule has 252 valence electrons. The molecule has 6 nitrogen and oxygen atoms in total. The van der Waals surface area contributed by atoms with Crippen molar-refractivity contribution in [2.45, 2.75) is 75.5 Å². The van der Waals surface area contributed by atoms with E-state index in [9.17, 15) is 27.9 Å². The van der Waals surface area contributed by atoms with Crippen LogP contribution in [0.4, 0.5) is 22.0 Å². The zero-order valence-electron chi connectivity index (χ0n) is 26.8. The minimum absolute atomic E-state index is 0.0384. The first-order valence-corrected chi connectivity index (χ1v) is 16.5. The number of hydrogen-bond donors (Lipinski definition) is 1. The number of hydrogen-bond acceptors (Lipinski definition) is 5. The second-order valence-electron chi connectivity index (χ2n) is 14.5. The van der Waals surface area contributed by atoms with Crippen molar-refractivity contribution in [3.05, 3.63) is 58.2 Å². The molecule has 1 aliphatic heterocycles. The first-order valence-electron chi connectivity index (χ1n) is 16.5. The van der Waals surface area contributed by atoms with Crippen LogP contribution in [0.5, 0.6) is 0 Å². The summed E-state index contributed by atoms with van der Waals surface area (Å²) in [5.41, 5.74) is -0.777. The third-order valence-electron chi connectivity index (χ3n) is 11.8. The van der Waals surface area contributed by atoms with Gasteiger partial charge < -0.3 is 14.9 Å². The fraction of sp³-hybridized carbons (Fsp3) is 0.657. The highest BCUT2D eigenvalue weighted by Crippen LogP contribution is 2.70. The SMILES string of the molecule is CN(C)CCN1CCN(C(=O)c2ccc([C@H]3CC4(C)[C@@H](CC[C@@]4(O)C(F)(F)C(F)(F)F)C4CCC5=CC(=O)CCC5=C43)cc2)CC1. The summed E-state index contributed by atoms with van der Waals surface area (Å²) in [6.07, 6.45) is -2.95. The van der Waals surface area contributed by atoms with Gasteiger partial charge in [-0.25, -0.2) is 0 Å². The summed E-state index contributed by atoms with van der Waals surface area (Å²) in [6, 6.07) is 7.03. The highest BCUT2D eigenvalue weighted by molar-refractivity contribution is 5.94. The van der Waals surface area contributed by atoms with Crippen LogP contribution in [0.2, 0.25) is 0 Å². The molecule has 5 aliphatic rings. The van der Waals surface area contributed by atoms with Crippen LogP contribution in [0.1, 0.15) is 73.7 Å². The number of carbonyl (C=O) groups is 2. The zero-order valence-corrected chi connectivity index (χ0v) is 26.8. The molecule has 1 saturated heterocycles. The molecule has 1 amide bonds. The van der Waals surface area contributed by atoms with Crippen molar-refractivity contribution in [3.63, 3.8) is 0 Å². The van der Waals surface area contributed by atoms with E-state index in [1.807, 2.05) is 19.0 Å². The molecule has 0 aromatic heterocycles. The van der Waals surface area contributed by atoms with Crippen molar-refractivity contribution in [2.75, 3.05) is 53.4 Å². The first kappa shape index (κ1) is 33.3. The molecule has 11 heteroatoms. The number of benzene rings is 1. The molecule has 2 unspecified atom stereocenters. The quantitative estimate of drug-likeness (QED) is 0.393. The predicted molar refractivity (Wildman–Crippen MR) is 164 cm³/mol. The average Bonchev–Trinajstić information content (AvgIpc) is 3.30. The van der Waals surface area contributed by atoms with Crippen molar-refractivity contribution in [1.82, 2.24) is 14.7 Å². The number of likely N-dealkylation sites (N-methyl/N-ethyl adjacent to an activating group) is 1. The molecule has 1 heterocycles. The van der Waals surface area contributed by atoms with Gasteiger partial charge in [-0.3, -0.25) is 14.5 Å². The number of carbonyl (C=O) groups excluding carboxylic acids is 2. The topological polar surface area (TPSA) is 64.1 Å². The number of aliphatic hydroxyl groups is 1. The van der Waals surface area contributed by atoms with E-state index < -0.39 is 41.4 Å². The Labute approximate surface area is 267 Å². The summed E-state index contributed by atoms with van der Waals surface area (Å²) in [5.74, 6) is -6.71. The maximum atomic E-state index is 15.2. The number of ketones is 1. The van der Waals surface area contributed by atoms with Crippen LogP contribution in [0.15, 0.2) is 47.1 Å². The smallest absolute Gasteiger partial charge is 0.383 e. The Hall–Kier alpha value is -2.63. The Morgan fingerprint density at radius 3 is 2.30 bits per heavy atom. The maximum absolute atomic E-state index is 15.2. The molecule has 0 bridgehead atoms. The molecule has 5 atom stereocenters. The number of piperazine rings is 1. The second kappa shape index (κ2) is 11.8. The number of nitrogens with zero attached hydrogens (tertiary/aromatic N) is 3. The third kappa shape index (κ3) is 5.34. The maximum Gasteiger partial charge on any atom is 0.456 e. The van der Waals surface area contributed by atoms with Crippen molar-refractivity contribution < 1.29 is 36.6 Å². The van der Waals surface area contributed by atoms with Gasteiger partial charge in [0, 0.05) is 62.6 Å². The molecule has 1 aromatic carbocycles. The van der Waals surface area contributed by atoms with Gasteiger partial charge in [0.2, 0.25) is 0 Å². The lowest BCUT2D eigenvalue weighted by molar-refractivity contribution is -0.362. The fourth-order valence-electron chi connectivity index (χ4n) is 9.27. The minimum atomic E-state index is -5.89. The zero-order chi connectivity index (χ0) is 33.2. The van der Waals surface area contributed by atoms with Crippen molar-refractivity contribution in [1.29, 1.82) is 0 Å². The number of fused-ring (bicyclic) bond motifs is 4. The Morgan fingerprint density at radius 2 is 1.67 bits per heavy atom. The van der Waals surface area contributed by atoms with E-state index in [1.165, 1.54) is 6.92 Å². The Bertz CT molecular complexity index is 1430. The van der Waals surface area contributed by atoms with Gasteiger partial charge in [-0.15, -0.1) is 0 Å². The lowest BCUT2D eigenvalue weighted by Crippen LogP contribution is -2.65. The van der Waals surface area contributed by atoms with Crippen LogP contribution < -0.4 is 0 Å².